The van der Waals surface area contributed by atoms with E-state index >= 15 is 0 Å². The average Bonchev–Trinajstić information content (AvgIpc) is 2.73. The number of benzene rings is 2. The summed E-state index contributed by atoms with van der Waals surface area (Å²) in [4.78, 5) is 19.2. The van der Waals surface area contributed by atoms with Gasteiger partial charge < -0.3 is 20.1 Å². The molecule has 1 aliphatic rings. The number of amides is 1. The highest BCUT2D eigenvalue weighted by Gasteiger charge is 2.27. The summed E-state index contributed by atoms with van der Waals surface area (Å²) in [5.41, 5.74) is 3.11. The van der Waals surface area contributed by atoms with Crippen LogP contribution < -0.4 is 15.0 Å². The van der Waals surface area contributed by atoms with Gasteiger partial charge in [0.05, 0.1) is 17.8 Å². The molecule has 6 heteroatoms. The fourth-order valence-corrected chi connectivity index (χ4v) is 3.50. The first kappa shape index (κ1) is 19.8. The van der Waals surface area contributed by atoms with Gasteiger partial charge in [0.15, 0.2) is 17.3 Å². The summed E-state index contributed by atoms with van der Waals surface area (Å²) < 4.78 is 5.86. The summed E-state index contributed by atoms with van der Waals surface area (Å²) in [7, 11) is 0. The molecule has 2 aromatic carbocycles. The second kappa shape index (κ2) is 7.71. The third-order valence-electron chi connectivity index (χ3n) is 5.12. The summed E-state index contributed by atoms with van der Waals surface area (Å²) in [5, 5.41) is 13.2. The molecule has 1 aliphatic heterocycles. The number of carbonyl (C=O) groups excluding carboxylic acids is 1. The lowest BCUT2D eigenvalue weighted by molar-refractivity contribution is 0.102. The van der Waals surface area contributed by atoms with Crippen molar-refractivity contribution in [3.8, 4) is 11.5 Å². The number of aromatic nitrogens is 1. The quantitative estimate of drug-likeness (QED) is 0.653. The Kier molecular flexibility index (Phi) is 5.08. The SMILES string of the molecule is CC(C)(C)c1ccc(NC(=O)c2cccc3c2OCCN3c2ncccc2O)cc1. The minimum absolute atomic E-state index is 0.0510. The van der Waals surface area contributed by atoms with Gasteiger partial charge in [-0.25, -0.2) is 4.98 Å². The van der Waals surface area contributed by atoms with Crippen molar-refractivity contribution in [1.29, 1.82) is 0 Å². The molecule has 2 heterocycles. The van der Waals surface area contributed by atoms with Crippen molar-refractivity contribution in [2.75, 3.05) is 23.4 Å². The lowest BCUT2D eigenvalue weighted by Gasteiger charge is -2.31. The Morgan fingerprint density at radius 1 is 1.10 bits per heavy atom. The molecule has 0 radical (unpaired) electrons. The monoisotopic (exact) mass is 403 g/mol. The number of pyridine rings is 1. The highest BCUT2D eigenvalue weighted by Crippen LogP contribution is 2.41. The van der Waals surface area contributed by atoms with Crippen LogP contribution in [0, 0.1) is 0 Å². The Bertz CT molecular complexity index is 1070. The van der Waals surface area contributed by atoms with Crippen LogP contribution in [-0.2, 0) is 5.41 Å². The van der Waals surface area contributed by atoms with E-state index in [0.29, 0.717) is 36.0 Å². The van der Waals surface area contributed by atoms with Crippen LogP contribution in [0.4, 0.5) is 17.2 Å². The maximum Gasteiger partial charge on any atom is 0.259 e. The molecule has 0 fully saturated rings. The molecular formula is C24H25N3O3. The Morgan fingerprint density at radius 3 is 2.57 bits per heavy atom. The van der Waals surface area contributed by atoms with Crippen molar-refractivity contribution in [2.24, 2.45) is 0 Å². The first-order valence-corrected chi connectivity index (χ1v) is 9.94. The number of aromatic hydroxyl groups is 1. The summed E-state index contributed by atoms with van der Waals surface area (Å²) in [6, 6.07) is 16.5. The van der Waals surface area contributed by atoms with Crippen LogP contribution in [-0.4, -0.2) is 29.1 Å². The number of rotatable bonds is 3. The molecule has 0 saturated carbocycles. The highest BCUT2D eigenvalue weighted by molar-refractivity contribution is 6.07. The molecule has 1 amide bonds. The summed E-state index contributed by atoms with van der Waals surface area (Å²) in [6.07, 6.45) is 1.63. The third-order valence-corrected chi connectivity index (χ3v) is 5.12. The summed E-state index contributed by atoms with van der Waals surface area (Å²) >= 11 is 0. The number of hydrogen-bond donors (Lipinski definition) is 2. The van der Waals surface area contributed by atoms with Gasteiger partial charge in [-0.05, 0) is 47.4 Å². The fourth-order valence-electron chi connectivity index (χ4n) is 3.50. The predicted molar refractivity (Wildman–Crippen MR) is 118 cm³/mol. The largest absolute Gasteiger partial charge is 0.504 e. The van der Waals surface area contributed by atoms with Gasteiger partial charge in [0.1, 0.15) is 6.61 Å². The predicted octanol–water partition coefficient (Wildman–Crippen LogP) is 4.87. The van der Waals surface area contributed by atoms with Crippen LogP contribution in [0.1, 0.15) is 36.7 Å². The lowest BCUT2D eigenvalue weighted by Crippen LogP contribution is -2.30. The molecule has 2 N–H and O–H groups in total. The Balaban J connectivity index is 1.62. The number of hydrogen-bond acceptors (Lipinski definition) is 5. The summed E-state index contributed by atoms with van der Waals surface area (Å²) in [5.74, 6) is 0.761. The number of nitrogens with zero attached hydrogens (tertiary/aromatic N) is 2. The summed E-state index contributed by atoms with van der Waals surface area (Å²) in [6.45, 7) is 7.36. The van der Waals surface area contributed by atoms with Gasteiger partial charge in [0, 0.05) is 11.9 Å². The van der Waals surface area contributed by atoms with E-state index in [0.717, 1.165) is 5.69 Å². The van der Waals surface area contributed by atoms with Gasteiger partial charge in [0.2, 0.25) is 0 Å². The standard InChI is InChI=1S/C24H25N3O3/c1-24(2,3)16-9-11-17(12-10-16)26-23(29)18-6-4-7-19-21(18)30-15-14-27(19)22-20(28)8-5-13-25-22/h4-13,28H,14-15H2,1-3H3,(H,26,29). The second-order valence-corrected chi connectivity index (χ2v) is 8.28. The molecular weight excluding hydrogens is 378 g/mol. The van der Waals surface area contributed by atoms with Crippen molar-refractivity contribution >= 4 is 23.1 Å². The van der Waals surface area contributed by atoms with E-state index in [4.69, 9.17) is 4.74 Å². The van der Waals surface area contributed by atoms with Crippen LogP contribution in [0.5, 0.6) is 11.5 Å². The van der Waals surface area contributed by atoms with E-state index in [2.05, 4.69) is 31.1 Å². The smallest absolute Gasteiger partial charge is 0.259 e. The third kappa shape index (κ3) is 3.81. The number of para-hydroxylation sites is 1. The minimum Gasteiger partial charge on any atom is -0.504 e. The topological polar surface area (TPSA) is 74.7 Å². The zero-order valence-corrected chi connectivity index (χ0v) is 17.3. The van der Waals surface area contributed by atoms with Crippen molar-refractivity contribution in [3.63, 3.8) is 0 Å². The molecule has 0 saturated heterocycles. The maximum atomic E-state index is 13.0. The average molecular weight is 403 g/mol. The first-order valence-electron chi connectivity index (χ1n) is 9.94. The zero-order valence-electron chi connectivity index (χ0n) is 17.3. The highest BCUT2D eigenvalue weighted by atomic mass is 16.5. The Hall–Kier alpha value is -3.54. The van der Waals surface area contributed by atoms with E-state index in [1.165, 1.54) is 5.56 Å². The molecule has 0 aliphatic carbocycles. The molecule has 4 rings (SSSR count). The molecule has 3 aromatic rings. The van der Waals surface area contributed by atoms with Gasteiger partial charge in [-0.3, -0.25) is 4.79 Å². The van der Waals surface area contributed by atoms with Gasteiger partial charge in [-0.2, -0.15) is 0 Å². The van der Waals surface area contributed by atoms with Gasteiger partial charge in [-0.15, -0.1) is 0 Å². The lowest BCUT2D eigenvalue weighted by atomic mass is 9.87. The number of nitrogens with one attached hydrogen (secondary N) is 1. The van der Waals surface area contributed by atoms with Crippen molar-refractivity contribution in [1.82, 2.24) is 4.98 Å². The number of anilines is 3. The molecule has 6 nitrogen and oxygen atoms in total. The normalized spacial score (nSPS) is 13.4. The van der Waals surface area contributed by atoms with Gasteiger partial charge in [0.25, 0.3) is 5.91 Å². The molecule has 0 atom stereocenters. The number of fused-ring (bicyclic) bond motifs is 1. The number of ether oxygens (including phenoxy) is 1. The maximum absolute atomic E-state index is 13.0. The van der Waals surface area contributed by atoms with E-state index in [1.807, 2.05) is 35.2 Å². The molecule has 30 heavy (non-hydrogen) atoms. The molecule has 0 spiro atoms. The van der Waals surface area contributed by atoms with E-state index in [-0.39, 0.29) is 17.1 Å². The van der Waals surface area contributed by atoms with Gasteiger partial charge >= 0.3 is 0 Å². The Morgan fingerprint density at radius 2 is 1.87 bits per heavy atom. The molecule has 154 valence electrons. The van der Waals surface area contributed by atoms with Gasteiger partial charge in [-0.1, -0.05) is 39.0 Å². The van der Waals surface area contributed by atoms with Crippen LogP contribution in [0.25, 0.3) is 0 Å². The molecule has 1 aromatic heterocycles. The van der Waals surface area contributed by atoms with Crippen LogP contribution >= 0.6 is 0 Å². The van der Waals surface area contributed by atoms with Crippen molar-refractivity contribution in [2.45, 2.75) is 26.2 Å². The Labute approximate surface area is 176 Å². The van der Waals surface area contributed by atoms with E-state index in [9.17, 15) is 9.90 Å². The van der Waals surface area contributed by atoms with Crippen LogP contribution in [0.2, 0.25) is 0 Å². The van der Waals surface area contributed by atoms with E-state index < -0.39 is 0 Å². The first-order chi connectivity index (χ1) is 14.3. The fraction of sp³-hybridized carbons (Fsp3) is 0.250. The van der Waals surface area contributed by atoms with Crippen LogP contribution in [0.15, 0.2) is 60.8 Å². The van der Waals surface area contributed by atoms with E-state index in [1.54, 1.807) is 30.5 Å². The van der Waals surface area contributed by atoms with Crippen molar-refractivity contribution in [3.05, 3.63) is 71.9 Å². The second-order valence-electron chi connectivity index (χ2n) is 8.28. The minimum atomic E-state index is -0.248. The number of carbonyl (C=O) groups is 1. The van der Waals surface area contributed by atoms with Crippen LogP contribution in [0.3, 0.4) is 0 Å². The zero-order chi connectivity index (χ0) is 21.3. The molecule has 0 bridgehead atoms. The molecule has 0 unspecified atom stereocenters. The van der Waals surface area contributed by atoms with Crippen molar-refractivity contribution < 1.29 is 14.6 Å².